The largest absolute Gasteiger partial charge is 0.309 e. The molecule has 0 saturated heterocycles. The number of benzene rings is 1. The van der Waals surface area contributed by atoms with Crippen LogP contribution in [0.15, 0.2) is 57.9 Å². The van der Waals surface area contributed by atoms with Crippen LogP contribution in [-0.4, -0.2) is 19.9 Å². The van der Waals surface area contributed by atoms with E-state index in [1.807, 2.05) is 17.5 Å². The predicted octanol–water partition coefficient (Wildman–Crippen LogP) is 5.09. The molecule has 9 heteroatoms. The standard InChI is InChI=1S/C19H11FN4OS3/c20-11-3-1-10(2-4-11)14-7-13-17(28-14)19(22-9-21-13)27-8-15-23-12-5-6-26-16(12)18(25)24-15/h1-7,9H,8H2,(H,23,24,25). The third-order valence-corrected chi connectivity index (χ3v) is 7.33. The summed E-state index contributed by atoms with van der Waals surface area (Å²) in [6, 6.07) is 10.2. The minimum atomic E-state index is -0.259. The molecule has 28 heavy (non-hydrogen) atoms. The number of thiophene rings is 2. The summed E-state index contributed by atoms with van der Waals surface area (Å²) < 4.78 is 14.8. The van der Waals surface area contributed by atoms with Crippen molar-refractivity contribution in [2.24, 2.45) is 0 Å². The van der Waals surface area contributed by atoms with Crippen LogP contribution in [0, 0.1) is 5.82 Å². The molecule has 0 aliphatic heterocycles. The van der Waals surface area contributed by atoms with Crippen molar-refractivity contribution >= 4 is 54.9 Å². The molecule has 4 heterocycles. The van der Waals surface area contributed by atoms with Gasteiger partial charge in [-0.3, -0.25) is 4.79 Å². The number of aromatic nitrogens is 4. The zero-order valence-electron chi connectivity index (χ0n) is 14.2. The first kappa shape index (κ1) is 17.5. The number of nitrogens with zero attached hydrogens (tertiary/aromatic N) is 3. The highest BCUT2D eigenvalue weighted by Gasteiger charge is 2.12. The summed E-state index contributed by atoms with van der Waals surface area (Å²) in [6.45, 7) is 0. The monoisotopic (exact) mass is 426 g/mol. The quantitative estimate of drug-likeness (QED) is 0.320. The van der Waals surface area contributed by atoms with E-state index in [0.717, 1.165) is 25.7 Å². The van der Waals surface area contributed by atoms with Crippen LogP contribution < -0.4 is 5.56 Å². The van der Waals surface area contributed by atoms with E-state index in [4.69, 9.17) is 0 Å². The van der Waals surface area contributed by atoms with Crippen molar-refractivity contribution in [3.63, 3.8) is 0 Å². The molecule has 0 spiro atoms. The lowest BCUT2D eigenvalue weighted by atomic mass is 10.2. The Bertz CT molecular complexity index is 1360. The number of hydrogen-bond donors (Lipinski definition) is 1. The van der Waals surface area contributed by atoms with Crippen LogP contribution in [0.25, 0.3) is 30.9 Å². The highest BCUT2D eigenvalue weighted by atomic mass is 32.2. The molecule has 1 N–H and O–H groups in total. The lowest BCUT2D eigenvalue weighted by Gasteiger charge is -2.02. The smallest absolute Gasteiger partial charge is 0.268 e. The fourth-order valence-corrected chi connectivity index (χ4v) is 5.61. The number of rotatable bonds is 4. The fourth-order valence-electron chi connectivity index (χ4n) is 2.82. The van der Waals surface area contributed by atoms with E-state index in [1.54, 1.807) is 23.5 Å². The molecular weight excluding hydrogens is 415 g/mol. The molecule has 0 aliphatic carbocycles. The normalized spacial score (nSPS) is 11.5. The van der Waals surface area contributed by atoms with Gasteiger partial charge in [-0.2, -0.15) is 0 Å². The van der Waals surface area contributed by atoms with Crippen LogP contribution >= 0.6 is 34.4 Å². The lowest BCUT2D eigenvalue weighted by Crippen LogP contribution is -2.09. The second-order valence-corrected chi connectivity index (χ2v) is 8.88. The molecule has 0 bridgehead atoms. The first-order chi connectivity index (χ1) is 13.7. The Morgan fingerprint density at radius 3 is 2.79 bits per heavy atom. The van der Waals surface area contributed by atoms with Gasteiger partial charge in [0.2, 0.25) is 0 Å². The Morgan fingerprint density at radius 2 is 1.93 bits per heavy atom. The Kier molecular flexibility index (Phi) is 4.42. The number of H-pyrrole nitrogens is 1. The van der Waals surface area contributed by atoms with Crippen molar-refractivity contribution < 1.29 is 4.39 Å². The van der Waals surface area contributed by atoms with Gasteiger partial charge in [-0.25, -0.2) is 19.3 Å². The Morgan fingerprint density at radius 1 is 1.07 bits per heavy atom. The molecular formula is C19H11FN4OS3. The third kappa shape index (κ3) is 3.21. The maximum atomic E-state index is 13.2. The van der Waals surface area contributed by atoms with Gasteiger partial charge in [0.05, 0.1) is 21.5 Å². The summed E-state index contributed by atoms with van der Waals surface area (Å²) in [7, 11) is 0. The molecule has 4 aromatic heterocycles. The first-order valence-corrected chi connectivity index (χ1v) is 11.0. The van der Waals surface area contributed by atoms with Crippen LogP contribution in [0.2, 0.25) is 0 Å². The van der Waals surface area contributed by atoms with E-state index in [-0.39, 0.29) is 11.4 Å². The summed E-state index contributed by atoms with van der Waals surface area (Å²) in [5.74, 6) is 0.852. The maximum absolute atomic E-state index is 13.2. The van der Waals surface area contributed by atoms with Gasteiger partial charge in [0.25, 0.3) is 5.56 Å². The SMILES string of the molecule is O=c1[nH]c(CSc2ncnc3cc(-c4ccc(F)cc4)sc23)nc2ccsc12. The number of fused-ring (bicyclic) bond motifs is 2. The van der Waals surface area contributed by atoms with Gasteiger partial charge in [0, 0.05) is 4.88 Å². The second kappa shape index (κ2) is 7.08. The highest BCUT2D eigenvalue weighted by molar-refractivity contribution is 7.98. The van der Waals surface area contributed by atoms with Gasteiger partial charge >= 0.3 is 0 Å². The van der Waals surface area contributed by atoms with Gasteiger partial charge in [-0.05, 0) is 35.2 Å². The molecule has 1 aromatic carbocycles. The number of thioether (sulfide) groups is 1. The van der Waals surface area contributed by atoms with E-state index < -0.39 is 0 Å². The Balaban J connectivity index is 1.46. The van der Waals surface area contributed by atoms with Crippen molar-refractivity contribution in [3.8, 4) is 10.4 Å². The van der Waals surface area contributed by atoms with Crippen LogP contribution in [0.1, 0.15) is 5.82 Å². The topological polar surface area (TPSA) is 71.5 Å². The molecule has 0 fully saturated rings. The predicted molar refractivity (Wildman–Crippen MR) is 113 cm³/mol. The van der Waals surface area contributed by atoms with Gasteiger partial charge in [-0.15, -0.1) is 22.7 Å². The van der Waals surface area contributed by atoms with Gasteiger partial charge < -0.3 is 4.98 Å². The summed E-state index contributed by atoms with van der Waals surface area (Å²) in [5.41, 5.74) is 2.39. The lowest BCUT2D eigenvalue weighted by molar-refractivity contribution is 0.628. The van der Waals surface area contributed by atoms with Gasteiger partial charge in [0.1, 0.15) is 27.7 Å². The summed E-state index contributed by atoms with van der Waals surface area (Å²) in [4.78, 5) is 29.2. The molecule has 138 valence electrons. The summed E-state index contributed by atoms with van der Waals surface area (Å²) >= 11 is 4.46. The molecule has 0 amide bonds. The third-order valence-electron chi connectivity index (χ3n) is 4.12. The molecule has 0 unspecified atom stereocenters. The molecule has 0 radical (unpaired) electrons. The minimum Gasteiger partial charge on any atom is -0.309 e. The van der Waals surface area contributed by atoms with Crippen LogP contribution in [0.5, 0.6) is 0 Å². The molecule has 5 nitrogen and oxygen atoms in total. The number of aromatic amines is 1. The van der Waals surface area contributed by atoms with E-state index in [0.29, 0.717) is 21.8 Å². The number of hydrogen-bond acceptors (Lipinski definition) is 7. The fraction of sp³-hybridized carbons (Fsp3) is 0.0526. The van der Waals surface area contributed by atoms with Crippen LogP contribution in [0.3, 0.4) is 0 Å². The van der Waals surface area contributed by atoms with Crippen molar-refractivity contribution in [2.45, 2.75) is 10.8 Å². The van der Waals surface area contributed by atoms with Gasteiger partial charge in [-0.1, -0.05) is 23.9 Å². The summed E-state index contributed by atoms with van der Waals surface area (Å²) in [5, 5.41) is 2.69. The van der Waals surface area contributed by atoms with Crippen molar-refractivity contribution in [3.05, 3.63) is 70.1 Å². The first-order valence-electron chi connectivity index (χ1n) is 8.27. The number of halogens is 1. The zero-order valence-corrected chi connectivity index (χ0v) is 16.6. The number of nitrogens with one attached hydrogen (secondary N) is 1. The summed E-state index contributed by atoms with van der Waals surface area (Å²) in [6.07, 6.45) is 1.53. The van der Waals surface area contributed by atoms with Crippen molar-refractivity contribution in [1.82, 2.24) is 19.9 Å². The highest BCUT2D eigenvalue weighted by Crippen LogP contribution is 2.37. The van der Waals surface area contributed by atoms with Crippen molar-refractivity contribution in [2.75, 3.05) is 0 Å². The molecule has 0 saturated carbocycles. The van der Waals surface area contributed by atoms with E-state index in [1.165, 1.54) is 41.6 Å². The molecule has 0 aliphatic rings. The van der Waals surface area contributed by atoms with Gasteiger partial charge in [0.15, 0.2) is 0 Å². The molecule has 5 aromatic rings. The Labute approximate surface area is 170 Å². The molecule has 0 atom stereocenters. The van der Waals surface area contributed by atoms with E-state index in [9.17, 15) is 9.18 Å². The maximum Gasteiger partial charge on any atom is 0.268 e. The van der Waals surface area contributed by atoms with Crippen LogP contribution in [-0.2, 0) is 5.75 Å². The van der Waals surface area contributed by atoms with Crippen LogP contribution in [0.4, 0.5) is 4.39 Å². The average molecular weight is 427 g/mol. The minimum absolute atomic E-state index is 0.113. The van der Waals surface area contributed by atoms with Crippen molar-refractivity contribution in [1.29, 1.82) is 0 Å². The van der Waals surface area contributed by atoms with E-state index >= 15 is 0 Å². The average Bonchev–Trinajstić information content (AvgIpc) is 3.34. The molecule has 5 rings (SSSR count). The Hall–Kier alpha value is -2.62. The second-order valence-electron chi connectivity index (χ2n) is 5.95. The zero-order chi connectivity index (χ0) is 19.1. The van der Waals surface area contributed by atoms with E-state index in [2.05, 4.69) is 19.9 Å².